The second kappa shape index (κ2) is 7.24. The third-order valence-electron chi connectivity index (χ3n) is 2.27. The molecule has 1 atom stereocenters. The molecule has 0 aromatic heterocycles. The van der Waals surface area contributed by atoms with Crippen molar-refractivity contribution >= 4 is 11.9 Å². The normalized spacial score (nSPS) is 12.1. The van der Waals surface area contributed by atoms with Gasteiger partial charge in [0.1, 0.15) is 0 Å². The second-order valence-corrected chi connectivity index (χ2v) is 3.51. The van der Waals surface area contributed by atoms with E-state index in [4.69, 9.17) is 0 Å². The summed E-state index contributed by atoms with van der Waals surface area (Å²) in [5.41, 5.74) is 0.791. The highest BCUT2D eigenvalue weighted by atomic mass is 16.5. The average Bonchev–Trinajstić information content (AvgIpc) is 2.43. The minimum Gasteiger partial charge on any atom is -0.466 e. The summed E-state index contributed by atoms with van der Waals surface area (Å²) in [6.07, 6.45) is 2.09. The number of methoxy groups -OCH3 is 1. The smallest absolute Gasteiger partial charge is 0.330 e. The highest BCUT2D eigenvalue weighted by Crippen LogP contribution is 2.11. The Bertz CT molecular complexity index is 428. The fraction of sp³-hybridized carbons (Fsp3) is 0.231. The summed E-state index contributed by atoms with van der Waals surface area (Å²) in [5, 5.41) is 11.8. The standard InChI is InChI=1S/C13H15NO4/c1-18-13(17)8-7-12(16)14-11(9-15)10-5-3-2-4-6-10/h2-8,11,15H,9H2,1H3,(H,14,16). The third-order valence-corrected chi connectivity index (χ3v) is 2.27. The molecule has 18 heavy (non-hydrogen) atoms. The minimum absolute atomic E-state index is 0.220. The summed E-state index contributed by atoms with van der Waals surface area (Å²) in [7, 11) is 1.23. The van der Waals surface area contributed by atoms with Crippen molar-refractivity contribution in [3.63, 3.8) is 0 Å². The molecule has 0 aliphatic heterocycles. The van der Waals surface area contributed by atoms with E-state index >= 15 is 0 Å². The van der Waals surface area contributed by atoms with E-state index in [0.29, 0.717) is 0 Å². The molecule has 1 aromatic rings. The van der Waals surface area contributed by atoms with E-state index in [1.165, 1.54) is 7.11 Å². The van der Waals surface area contributed by atoms with E-state index in [9.17, 15) is 14.7 Å². The first-order valence-corrected chi connectivity index (χ1v) is 5.39. The molecule has 0 saturated heterocycles. The molecule has 0 aliphatic carbocycles. The van der Waals surface area contributed by atoms with Gasteiger partial charge in [0.2, 0.25) is 5.91 Å². The Morgan fingerprint density at radius 1 is 1.33 bits per heavy atom. The number of nitrogens with one attached hydrogen (secondary N) is 1. The zero-order chi connectivity index (χ0) is 13.4. The van der Waals surface area contributed by atoms with Crippen molar-refractivity contribution in [2.24, 2.45) is 0 Å². The summed E-state index contributed by atoms with van der Waals surface area (Å²) in [6, 6.07) is 8.57. The number of aliphatic hydroxyl groups is 1. The first-order chi connectivity index (χ1) is 8.67. The van der Waals surface area contributed by atoms with Crippen molar-refractivity contribution in [2.75, 3.05) is 13.7 Å². The number of esters is 1. The van der Waals surface area contributed by atoms with E-state index in [1.54, 1.807) is 12.1 Å². The zero-order valence-electron chi connectivity index (χ0n) is 10.00. The van der Waals surface area contributed by atoms with Gasteiger partial charge in [-0.3, -0.25) is 4.79 Å². The lowest BCUT2D eigenvalue weighted by Gasteiger charge is -2.15. The summed E-state index contributed by atoms with van der Waals surface area (Å²) in [4.78, 5) is 22.3. The number of ether oxygens (including phenoxy) is 1. The van der Waals surface area contributed by atoms with Gasteiger partial charge in [-0.15, -0.1) is 0 Å². The number of benzene rings is 1. The van der Waals surface area contributed by atoms with Crippen LogP contribution in [-0.4, -0.2) is 30.7 Å². The highest BCUT2D eigenvalue weighted by Gasteiger charge is 2.11. The number of rotatable bonds is 5. The van der Waals surface area contributed by atoms with Crippen LogP contribution in [0.1, 0.15) is 11.6 Å². The van der Waals surface area contributed by atoms with Crippen LogP contribution in [0.15, 0.2) is 42.5 Å². The van der Waals surface area contributed by atoms with Gasteiger partial charge >= 0.3 is 5.97 Å². The van der Waals surface area contributed by atoms with Gasteiger partial charge in [0.15, 0.2) is 0 Å². The molecule has 1 aromatic carbocycles. The van der Waals surface area contributed by atoms with E-state index in [2.05, 4.69) is 10.1 Å². The fourth-order valence-corrected chi connectivity index (χ4v) is 1.35. The molecule has 96 valence electrons. The van der Waals surface area contributed by atoms with Crippen LogP contribution in [-0.2, 0) is 14.3 Å². The molecule has 0 aliphatic rings. The van der Waals surface area contributed by atoms with Gasteiger partial charge in [0.25, 0.3) is 0 Å². The molecule has 5 nitrogen and oxygen atoms in total. The molecule has 1 unspecified atom stereocenters. The number of aliphatic hydroxyl groups excluding tert-OH is 1. The molecule has 0 heterocycles. The SMILES string of the molecule is COC(=O)C=CC(=O)NC(CO)c1ccccc1. The van der Waals surface area contributed by atoms with Crippen LogP contribution in [0.2, 0.25) is 0 Å². The zero-order valence-corrected chi connectivity index (χ0v) is 10.00. The molecule has 0 fully saturated rings. The summed E-state index contributed by atoms with van der Waals surface area (Å²) in [5.74, 6) is -1.08. The van der Waals surface area contributed by atoms with Crippen molar-refractivity contribution in [2.45, 2.75) is 6.04 Å². The monoisotopic (exact) mass is 249 g/mol. The third kappa shape index (κ3) is 4.39. The first-order valence-electron chi connectivity index (χ1n) is 5.39. The fourth-order valence-electron chi connectivity index (χ4n) is 1.35. The summed E-state index contributed by atoms with van der Waals surface area (Å²) < 4.78 is 4.36. The molecule has 0 spiro atoms. The predicted molar refractivity (Wildman–Crippen MR) is 65.6 cm³/mol. The van der Waals surface area contributed by atoms with Crippen LogP contribution < -0.4 is 5.32 Å². The molecule has 0 bridgehead atoms. The predicted octanol–water partition coefficient (Wildman–Crippen LogP) is 0.565. The topological polar surface area (TPSA) is 75.6 Å². The van der Waals surface area contributed by atoms with Gasteiger partial charge in [-0.05, 0) is 5.56 Å². The quantitative estimate of drug-likeness (QED) is 0.590. The van der Waals surface area contributed by atoms with E-state index in [-0.39, 0.29) is 6.61 Å². The molecular formula is C13H15NO4. The van der Waals surface area contributed by atoms with Crippen molar-refractivity contribution < 1.29 is 19.4 Å². The maximum atomic E-state index is 11.5. The van der Waals surface area contributed by atoms with Crippen LogP contribution >= 0.6 is 0 Å². The lowest BCUT2D eigenvalue weighted by atomic mass is 10.1. The highest BCUT2D eigenvalue weighted by molar-refractivity contribution is 5.94. The van der Waals surface area contributed by atoms with Crippen LogP contribution in [0.5, 0.6) is 0 Å². The van der Waals surface area contributed by atoms with Crippen molar-refractivity contribution in [3.8, 4) is 0 Å². The van der Waals surface area contributed by atoms with Crippen molar-refractivity contribution in [1.29, 1.82) is 0 Å². The molecule has 2 N–H and O–H groups in total. The molecule has 1 amide bonds. The average molecular weight is 249 g/mol. The summed E-state index contributed by atoms with van der Waals surface area (Å²) in [6.45, 7) is -0.220. The number of carbonyl (C=O) groups is 2. The molecule has 0 saturated carbocycles. The van der Waals surface area contributed by atoms with Gasteiger partial charge in [-0.1, -0.05) is 30.3 Å². The Hall–Kier alpha value is -2.14. The lowest BCUT2D eigenvalue weighted by Crippen LogP contribution is -2.29. The van der Waals surface area contributed by atoms with Gasteiger partial charge < -0.3 is 15.2 Å². The van der Waals surface area contributed by atoms with Crippen LogP contribution in [0.4, 0.5) is 0 Å². The van der Waals surface area contributed by atoms with Gasteiger partial charge in [0.05, 0.1) is 19.8 Å². The van der Waals surface area contributed by atoms with Gasteiger partial charge in [-0.25, -0.2) is 4.79 Å². The largest absolute Gasteiger partial charge is 0.466 e. The van der Waals surface area contributed by atoms with Gasteiger partial charge in [0, 0.05) is 12.2 Å². The lowest BCUT2D eigenvalue weighted by molar-refractivity contribution is -0.135. The van der Waals surface area contributed by atoms with E-state index < -0.39 is 17.9 Å². The maximum Gasteiger partial charge on any atom is 0.330 e. The summed E-state index contributed by atoms with van der Waals surface area (Å²) >= 11 is 0. The number of amides is 1. The van der Waals surface area contributed by atoms with E-state index in [1.807, 2.05) is 18.2 Å². The Kier molecular flexibility index (Phi) is 5.60. The Morgan fingerprint density at radius 3 is 2.56 bits per heavy atom. The van der Waals surface area contributed by atoms with Crippen LogP contribution in [0, 0.1) is 0 Å². The Balaban J connectivity index is 2.62. The number of hydrogen-bond acceptors (Lipinski definition) is 4. The molecule has 0 radical (unpaired) electrons. The van der Waals surface area contributed by atoms with Crippen LogP contribution in [0.3, 0.4) is 0 Å². The van der Waals surface area contributed by atoms with Crippen molar-refractivity contribution in [1.82, 2.24) is 5.32 Å². The minimum atomic E-state index is -0.606. The molecular weight excluding hydrogens is 234 g/mol. The van der Waals surface area contributed by atoms with Gasteiger partial charge in [-0.2, -0.15) is 0 Å². The first kappa shape index (κ1) is 13.9. The number of hydrogen-bond donors (Lipinski definition) is 2. The molecule has 1 rings (SSSR count). The Labute approximate surface area is 105 Å². The Morgan fingerprint density at radius 2 is 2.00 bits per heavy atom. The second-order valence-electron chi connectivity index (χ2n) is 3.51. The van der Waals surface area contributed by atoms with E-state index in [0.717, 1.165) is 17.7 Å². The number of carbonyl (C=O) groups excluding carboxylic acids is 2. The molecule has 5 heteroatoms. The van der Waals surface area contributed by atoms with Crippen molar-refractivity contribution in [3.05, 3.63) is 48.0 Å². The van der Waals surface area contributed by atoms with Crippen LogP contribution in [0.25, 0.3) is 0 Å². The maximum absolute atomic E-state index is 11.5.